The normalized spacial score (nSPS) is 11.0. The molecule has 1 aromatic heterocycles. The molecule has 3 aromatic rings. The van der Waals surface area contributed by atoms with Gasteiger partial charge >= 0.3 is 0 Å². The van der Waals surface area contributed by atoms with E-state index < -0.39 is 0 Å². The quantitative estimate of drug-likeness (QED) is 0.116. The fourth-order valence-electron chi connectivity index (χ4n) is 4.68. The maximum Gasteiger partial charge on any atom is 0.255 e. The van der Waals surface area contributed by atoms with Crippen LogP contribution in [-0.2, 0) is 6.54 Å². The van der Waals surface area contributed by atoms with Gasteiger partial charge in [0.2, 0.25) is 5.51 Å². The molecular formula is C33H47N2O2S+. The molecule has 0 spiro atoms. The number of benzene rings is 2. The van der Waals surface area contributed by atoms with Crippen LogP contribution >= 0.6 is 11.3 Å². The zero-order valence-electron chi connectivity index (χ0n) is 23.3. The molecule has 2 aromatic carbocycles. The minimum absolute atomic E-state index is 0.108. The summed E-state index contributed by atoms with van der Waals surface area (Å²) in [6.07, 6.45) is 21.0. The van der Waals surface area contributed by atoms with Crippen LogP contribution in [0.2, 0.25) is 0 Å². The number of unbranched alkanes of at least 4 members (excludes halogenated alkanes) is 13. The molecule has 0 bridgehead atoms. The molecule has 0 radical (unpaired) electrons. The van der Waals surface area contributed by atoms with Crippen molar-refractivity contribution in [1.29, 1.82) is 0 Å². The highest BCUT2D eigenvalue weighted by Crippen LogP contribution is 2.19. The Morgan fingerprint density at radius 3 is 2.05 bits per heavy atom. The summed E-state index contributed by atoms with van der Waals surface area (Å²) in [5.41, 5.74) is 4.66. The first-order valence-electron chi connectivity index (χ1n) is 14.8. The highest BCUT2D eigenvalue weighted by atomic mass is 32.1. The molecule has 1 amide bonds. The third kappa shape index (κ3) is 12.3. The van der Waals surface area contributed by atoms with E-state index in [0.29, 0.717) is 5.56 Å². The second kappa shape index (κ2) is 18.6. The van der Waals surface area contributed by atoms with Crippen LogP contribution in [0.25, 0.3) is 0 Å². The van der Waals surface area contributed by atoms with Crippen molar-refractivity contribution < 1.29 is 14.1 Å². The first-order valence-corrected chi connectivity index (χ1v) is 15.7. The number of hydrogen-bond donors (Lipinski definition) is 1. The Labute approximate surface area is 234 Å². The molecule has 38 heavy (non-hydrogen) atoms. The number of rotatable bonds is 20. The zero-order chi connectivity index (χ0) is 26.7. The van der Waals surface area contributed by atoms with E-state index in [1.54, 1.807) is 11.3 Å². The van der Waals surface area contributed by atoms with Gasteiger partial charge in [-0.2, -0.15) is 4.57 Å². The molecule has 0 aliphatic carbocycles. The van der Waals surface area contributed by atoms with Crippen LogP contribution in [0.1, 0.15) is 113 Å². The van der Waals surface area contributed by atoms with Crippen LogP contribution in [0.5, 0.6) is 5.75 Å². The van der Waals surface area contributed by atoms with Crippen LogP contribution < -0.4 is 14.6 Å². The lowest BCUT2D eigenvalue weighted by atomic mass is 10.0. The van der Waals surface area contributed by atoms with Crippen molar-refractivity contribution in [3.8, 4) is 5.75 Å². The number of nitrogens with zero attached hydrogens (tertiary/aromatic N) is 1. The third-order valence-electron chi connectivity index (χ3n) is 6.97. The predicted molar refractivity (Wildman–Crippen MR) is 160 cm³/mol. The minimum atomic E-state index is -0.108. The van der Waals surface area contributed by atoms with Crippen LogP contribution in [-0.4, -0.2) is 12.5 Å². The summed E-state index contributed by atoms with van der Waals surface area (Å²) in [6, 6.07) is 15.5. The van der Waals surface area contributed by atoms with Gasteiger partial charge in [-0.15, -0.1) is 0 Å². The Bertz CT molecular complexity index is 1020. The molecule has 0 saturated heterocycles. The van der Waals surface area contributed by atoms with E-state index in [1.807, 2.05) is 48.5 Å². The summed E-state index contributed by atoms with van der Waals surface area (Å²) in [7, 11) is 0. The molecule has 4 nitrogen and oxygen atoms in total. The van der Waals surface area contributed by atoms with Crippen molar-refractivity contribution in [1.82, 2.24) is 0 Å². The lowest BCUT2D eigenvalue weighted by molar-refractivity contribution is -0.683. The molecule has 5 heteroatoms. The number of nitrogens with one attached hydrogen (secondary N) is 1. The third-order valence-corrected chi connectivity index (χ3v) is 7.64. The van der Waals surface area contributed by atoms with Crippen LogP contribution in [0, 0.1) is 0 Å². The van der Waals surface area contributed by atoms with Crippen molar-refractivity contribution in [2.45, 2.75) is 103 Å². The van der Waals surface area contributed by atoms with Gasteiger partial charge in [0.1, 0.15) is 5.75 Å². The van der Waals surface area contributed by atoms with Gasteiger partial charge in [-0.25, -0.2) is 0 Å². The summed E-state index contributed by atoms with van der Waals surface area (Å²) in [5.74, 6) is 0.699. The van der Waals surface area contributed by atoms with Crippen molar-refractivity contribution >= 4 is 22.9 Å². The fourth-order valence-corrected chi connectivity index (χ4v) is 5.28. The molecule has 1 N–H and O–H groups in total. The van der Waals surface area contributed by atoms with Crippen LogP contribution in [0.15, 0.2) is 65.6 Å². The summed E-state index contributed by atoms with van der Waals surface area (Å²) in [5, 5.41) is 5.05. The Kier molecular flexibility index (Phi) is 14.6. The minimum Gasteiger partial charge on any atom is -0.494 e. The summed E-state index contributed by atoms with van der Waals surface area (Å²) >= 11 is 1.67. The average molecular weight is 536 g/mol. The first kappa shape index (κ1) is 29.9. The first-order chi connectivity index (χ1) is 18.7. The van der Waals surface area contributed by atoms with E-state index in [-0.39, 0.29) is 5.91 Å². The summed E-state index contributed by atoms with van der Waals surface area (Å²) in [6.45, 7) is 3.81. The van der Waals surface area contributed by atoms with E-state index in [0.717, 1.165) is 31.0 Å². The lowest BCUT2D eigenvalue weighted by Crippen LogP contribution is -2.30. The highest BCUT2D eigenvalue weighted by molar-refractivity contribution is 7.07. The topological polar surface area (TPSA) is 42.2 Å². The average Bonchev–Trinajstić information content (AvgIpc) is 3.44. The molecule has 0 saturated carbocycles. The van der Waals surface area contributed by atoms with Crippen LogP contribution in [0.3, 0.4) is 0 Å². The largest absolute Gasteiger partial charge is 0.494 e. The molecule has 3 rings (SSSR count). The van der Waals surface area contributed by atoms with Gasteiger partial charge in [-0.1, -0.05) is 120 Å². The van der Waals surface area contributed by atoms with Crippen molar-refractivity contribution in [2.75, 3.05) is 11.9 Å². The van der Waals surface area contributed by atoms with Gasteiger partial charge in [0.25, 0.3) is 5.91 Å². The maximum atomic E-state index is 12.7. The fraction of sp³-hybridized carbons (Fsp3) is 0.515. The molecule has 0 aliphatic rings. The number of ether oxygens (including phenoxy) is 1. The van der Waals surface area contributed by atoms with Crippen molar-refractivity contribution in [2.24, 2.45) is 0 Å². The SMILES string of the molecule is CCCCCCCCCCCCCCCCOc1cccc(NC(=O)c2ccc(C[n+]3ccsc3)cc2)c1. The number of carbonyl (C=O) groups is 1. The number of hydrogen-bond acceptors (Lipinski definition) is 3. The molecule has 0 fully saturated rings. The number of thiazole rings is 1. The van der Waals surface area contributed by atoms with E-state index in [1.165, 1.54) is 89.0 Å². The Morgan fingerprint density at radius 1 is 0.816 bits per heavy atom. The number of carbonyl (C=O) groups excluding carboxylic acids is 1. The van der Waals surface area contributed by atoms with Gasteiger partial charge < -0.3 is 10.1 Å². The lowest BCUT2D eigenvalue weighted by Gasteiger charge is -2.10. The second-order valence-electron chi connectivity index (χ2n) is 10.3. The predicted octanol–water partition coefficient (Wildman–Crippen LogP) is 9.20. The summed E-state index contributed by atoms with van der Waals surface area (Å²) in [4.78, 5) is 12.7. The smallest absolute Gasteiger partial charge is 0.255 e. The molecule has 1 heterocycles. The van der Waals surface area contributed by atoms with Gasteiger partial charge in [0, 0.05) is 22.9 Å². The maximum absolute atomic E-state index is 12.7. The van der Waals surface area contributed by atoms with E-state index in [4.69, 9.17) is 4.74 Å². The Balaban J connectivity index is 1.23. The number of aromatic nitrogens is 1. The van der Waals surface area contributed by atoms with Gasteiger partial charge in [-0.05, 0) is 30.7 Å². The molecular weight excluding hydrogens is 488 g/mol. The Hall–Kier alpha value is -2.66. The van der Waals surface area contributed by atoms with Crippen molar-refractivity contribution in [3.63, 3.8) is 0 Å². The molecule has 206 valence electrons. The number of anilines is 1. The van der Waals surface area contributed by atoms with Gasteiger partial charge in [-0.3, -0.25) is 4.79 Å². The summed E-state index contributed by atoms with van der Waals surface area (Å²) < 4.78 is 8.08. The number of amides is 1. The zero-order valence-corrected chi connectivity index (χ0v) is 24.2. The van der Waals surface area contributed by atoms with Gasteiger partial charge in [0.05, 0.1) is 12.0 Å². The van der Waals surface area contributed by atoms with E-state index >= 15 is 0 Å². The van der Waals surface area contributed by atoms with E-state index in [9.17, 15) is 4.79 Å². The monoisotopic (exact) mass is 535 g/mol. The van der Waals surface area contributed by atoms with Gasteiger partial charge in [0.15, 0.2) is 12.7 Å². The Morgan fingerprint density at radius 2 is 1.45 bits per heavy atom. The second-order valence-corrected chi connectivity index (χ2v) is 11.1. The standard InChI is InChI=1S/C33H46N2O2S/c1-2-3-4-5-6-7-8-9-10-11-12-13-14-15-24-37-32-18-16-17-31(26-32)34-33(36)30-21-19-29(20-22-30)27-35-23-25-38-28-35/h16-23,25-26,28H,2-15,24,27H2,1H3/p+1. The van der Waals surface area contributed by atoms with Crippen molar-refractivity contribution in [3.05, 3.63) is 76.7 Å². The highest BCUT2D eigenvalue weighted by Gasteiger charge is 2.09. The van der Waals surface area contributed by atoms with E-state index in [2.05, 4.69) is 33.9 Å². The molecule has 0 aliphatic heterocycles. The van der Waals surface area contributed by atoms with Crippen LogP contribution in [0.4, 0.5) is 5.69 Å². The molecule has 0 atom stereocenters. The molecule has 0 unspecified atom stereocenters.